The van der Waals surface area contributed by atoms with Gasteiger partial charge in [0.25, 0.3) is 0 Å². The lowest BCUT2D eigenvalue weighted by Gasteiger charge is -2.30. The van der Waals surface area contributed by atoms with E-state index in [0.29, 0.717) is 50.7 Å². The summed E-state index contributed by atoms with van der Waals surface area (Å²) in [6, 6.07) is 2.47. The molecule has 12 heteroatoms. The number of aromatic nitrogens is 4. The molecule has 1 fully saturated rings. The Morgan fingerprint density at radius 3 is 2.18 bits per heavy atom. The molecule has 2 aliphatic rings. The van der Waals surface area contributed by atoms with E-state index in [9.17, 15) is 17.2 Å². The number of benzene rings is 1. The molecular formula is C21H23F2N7O2S. The number of halogens is 2. The number of piperidine rings is 1. The van der Waals surface area contributed by atoms with Crippen LogP contribution in [0, 0.1) is 11.6 Å². The van der Waals surface area contributed by atoms with Gasteiger partial charge in [0.2, 0.25) is 21.9 Å². The average molecular weight is 476 g/mol. The average Bonchev–Trinajstić information content (AvgIpc) is 3.41. The maximum Gasteiger partial charge on any atom is 0.222 e. The molecule has 4 N–H and O–H groups in total. The Bertz CT molecular complexity index is 1240. The smallest absolute Gasteiger partial charge is 0.222 e. The lowest BCUT2D eigenvalue weighted by atomic mass is 10.1. The van der Waals surface area contributed by atoms with E-state index in [4.69, 9.17) is 5.14 Å². The molecule has 2 aromatic heterocycles. The Hall–Kier alpha value is -3.12. The Labute approximate surface area is 189 Å². The zero-order chi connectivity index (χ0) is 23.2. The number of sulfonamides is 1. The van der Waals surface area contributed by atoms with Crippen molar-refractivity contribution in [3.63, 3.8) is 0 Å². The maximum atomic E-state index is 13.5. The summed E-state index contributed by atoms with van der Waals surface area (Å²) in [5, 5.41) is 7.96. The first-order chi connectivity index (χ1) is 15.8. The van der Waals surface area contributed by atoms with E-state index in [-0.39, 0.29) is 6.04 Å². The lowest BCUT2D eigenvalue weighted by molar-refractivity contribution is 0.507. The van der Waals surface area contributed by atoms with Crippen molar-refractivity contribution in [2.75, 3.05) is 23.3 Å². The molecule has 0 spiro atoms. The van der Waals surface area contributed by atoms with Crippen molar-refractivity contribution >= 4 is 21.9 Å². The van der Waals surface area contributed by atoms with Crippen molar-refractivity contribution in [1.29, 1.82) is 0 Å². The van der Waals surface area contributed by atoms with Gasteiger partial charge in [0.15, 0.2) is 11.6 Å². The summed E-state index contributed by atoms with van der Waals surface area (Å²) in [6.45, 7) is 1.09. The second-order valence-corrected chi connectivity index (χ2v) is 10.3. The number of nitrogens with two attached hydrogens (primary N) is 1. The van der Waals surface area contributed by atoms with Crippen LogP contribution in [-0.2, 0) is 22.9 Å². The first kappa shape index (κ1) is 21.7. The molecule has 1 aliphatic heterocycles. The minimum Gasteiger partial charge on any atom is -0.351 e. The number of rotatable bonds is 5. The Morgan fingerprint density at radius 2 is 1.61 bits per heavy atom. The van der Waals surface area contributed by atoms with Crippen LogP contribution in [0.25, 0.3) is 11.3 Å². The van der Waals surface area contributed by atoms with Crippen LogP contribution >= 0.6 is 0 Å². The standard InChI is InChI=1S/C21H23F2N7O2S/c22-17-7-12-5-15(6-13(12)8-18(17)23)28-20-25-9-14(10-26-20)19-11-27-21(29-19)30-3-1-16(2-4-30)33(24,31)32/h7-11,15-16H,1-6H2,(H,27,29)(H2,24,31,32)(H,25,26,28). The Morgan fingerprint density at radius 1 is 1.00 bits per heavy atom. The highest BCUT2D eigenvalue weighted by atomic mass is 32.2. The molecular weight excluding hydrogens is 452 g/mol. The van der Waals surface area contributed by atoms with Crippen LogP contribution in [0.15, 0.2) is 30.7 Å². The summed E-state index contributed by atoms with van der Waals surface area (Å²) in [7, 11) is -3.51. The van der Waals surface area contributed by atoms with E-state index in [1.165, 1.54) is 12.1 Å². The van der Waals surface area contributed by atoms with Crippen molar-refractivity contribution < 1.29 is 17.2 Å². The Kier molecular flexibility index (Phi) is 5.49. The lowest BCUT2D eigenvalue weighted by Crippen LogP contribution is -2.42. The van der Waals surface area contributed by atoms with Crippen LogP contribution in [0.1, 0.15) is 24.0 Å². The molecule has 3 aromatic rings. The number of H-pyrrole nitrogens is 1. The summed E-state index contributed by atoms with van der Waals surface area (Å²) in [5.41, 5.74) is 3.07. The normalized spacial score (nSPS) is 17.4. The van der Waals surface area contributed by atoms with Gasteiger partial charge in [-0.05, 0) is 48.9 Å². The second kappa shape index (κ2) is 8.34. The first-order valence-electron chi connectivity index (χ1n) is 10.6. The second-order valence-electron chi connectivity index (χ2n) is 8.48. The molecule has 0 saturated carbocycles. The van der Waals surface area contributed by atoms with Gasteiger partial charge >= 0.3 is 0 Å². The predicted octanol–water partition coefficient (Wildman–Crippen LogP) is 1.98. The number of primary sulfonamides is 1. The molecule has 3 heterocycles. The van der Waals surface area contributed by atoms with Crippen LogP contribution in [0.3, 0.4) is 0 Å². The van der Waals surface area contributed by atoms with E-state index in [1.807, 2.05) is 4.90 Å². The zero-order valence-corrected chi connectivity index (χ0v) is 18.4. The van der Waals surface area contributed by atoms with E-state index in [1.54, 1.807) is 18.6 Å². The fourth-order valence-electron chi connectivity index (χ4n) is 4.45. The summed E-state index contributed by atoms with van der Waals surface area (Å²) in [6.07, 6.45) is 7.09. The number of hydrogen-bond donors (Lipinski definition) is 3. The third-order valence-electron chi connectivity index (χ3n) is 6.24. The third-order valence-corrected chi connectivity index (χ3v) is 7.64. The van der Waals surface area contributed by atoms with Gasteiger partial charge in [-0.1, -0.05) is 0 Å². The highest BCUT2D eigenvalue weighted by Crippen LogP contribution is 2.27. The molecule has 33 heavy (non-hydrogen) atoms. The molecule has 5 rings (SSSR count). The van der Waals surface area contributed by atoms with Crippen molar-refractivity contribution in [3.8, 4) is 11.3 Å². The quantitative estimate of drug-likeness (QED) is 0.514. The van der Waals surface area contributed by atoms with E-state index >= 15 is 0 Å². The van der Waals surface area contributed by atoms with E-state index < -0.39 is 26.9 Å². The molecule has 1 aliphatic carbocycles. The molecule has 174 valence electrons. The fraction of sp³-hybridized carbons (Fsp3) is 0.381. The van der Waals surface area contributed by atoms with Crippen LogP contribution in [0.5, 0.6) is 0 Å². The molecule has 0 atom stereocenters. The van der Waals surface area contributed by atoms with Crippen LogP contribution in [0.2, 0.25) is 0 Å². The van der Waals surface area contributed by atoms with E-state index in [2.05, 4.69) is 25.3 Å². The summed E-state index contributed by atoms with van der Waals surface area (Å²) in [5.74, 6) is -0.573. The van der Waals surface area contributed by atoms with Crippen LogP contribution < -0.4 is 15.4 Å². The molecule has 0 bridgehead atoms. The van der Waals surface area contributed by atoms with Crippen molar-refractivity contribution in [2.24, 2.45) is 5.14 Å². The number of anilines is 2. The summed E-state index contributed by atoms with van der Waals surface area (Å²) in [4.78, 5) is 18.4. The fourth-order valence-corrected chi connectivity index (χ4v) is 5.32. The molecule has 0 unspecified atom stereocenters. The van der Waals surface area contributed by atoms with Gasteiger partial charge in [0.1, 0.15) is 0 Å². The topological polar surface area (TPSA) is 130 Å². The number of nitrogens with zero attached hydrogens (tertiary/aromatic N) is 4. The SMILES string of the molecule is NS(=O)(=O)C1CCN(c2ncc(-c3cnc(NC4Cc5cc(F)c(F)cc5C4)nc3)[nH]2)CC1. The monoisotopic (exact) mass is 475 g/mol. The van der Waals surface area contributed by atoms with Crippen molar-refractivity contribution in [1.82, 2.24) is 19.9 Å². The molecule has 9 nitrogen and oxygen atoms in total. The number of nitrogens with one attached hydrogen (secondary N) is 2. The van der Waals surface area contributed by atoms with Gasteiger partial charge < -0.3 is 15.2 Å². The minimum absolute atomic E-state index is 0.0360. The summed E-state index contributed by atoms with van der Waals surface area (Å²) < 4.78 is 50.0. The third kappa shape index (κ3) is 4.53. The van der Waals surface area contributed by atoms with E-state index in [0.717, 1.165) is 22.4 Å². The highest BCUT2D eigenvalue weighted by molar-refractivity contribution is 7.89. The molecule has 1 saturated heterocycles. The van der Waals surface area contributed by atoms with Gasteiger partial charge in [0.05, 0.1) is 17.1 Å². The number of imidazole rings is 1. The molecule has 0 amide bonds. The number of fused-ring (bicyclic) bond motifs is 1. The first-order valence-corrected chi connectivity index (χ1v) is 12.2. The van der Waals surface area contributed by atoms with Gasteiger partial charge in [0, 0.05) is 37.1 Å². The van der Waals surface area contributed by atoms with Gasteiger partial charge in [-0.25, -0.2) is 37.3 Å². The van der Waals surface area contributed by atoms with Gasteiger partial charge in [-0.2, -0.15) is 0 Å². The summed E-state index contributed by atoms with van der Waals surface area (Å²) >= 11 is 0. The molecule has 1 aromatic carbocycles. The van der Waals surface area contributed by atoms with Crippen LogP contribution in [0.4, 0.5) is 20.7 Å². The predicted molar refractivity (Wildman–Crippen MR) is 119 cm³/mol. The maximum absolute atomic E-state index is 13.5. The van der Waals surface area contributed by atoms with Crippen LogP contribution in [-0.4, -0.2) is 52.7 Å². The highest BCUT2D eigenvalue weighted by Gasteiger charge is 2.28. The molecule has 0 radical (unpaired) electrons. The van der Waals surface area contributed by atoms with Gasteiger partial charge in [-0.3, -0.25) is 0 Å². The zero-order valence-electron chi connectivity index (χ0n) is 17.6. The number of aromatic amines is 1. The van der Waals surface area contributed by atoms with Gasteiger partial charge in [-0.15, -0.1) is 0 Å². The Balaban J connectivity index is 1.21. The minimum atomic E-state index is -3.51. The number of hydrogen-bond acceptors (Lipinski definition) is 7. The van der Waals surface area contributed by atoms with Crippen molar-refractivity contribution in [2.45, 2.75) is 37.0 Å². The largest absolute Gasteiger partial charge is 0.351 e. The van der Waals surface area contributed by atoms with Crippen molar-refractivity contribution in [3.05, 3.63) is 53.5 Å².